The maximum absolute atomic E-state index is 13.1. The quantitative estimate of drug-likeness (QED) is 0.393. The van der Waals surface area contributed by atoms with Crippen molar-refractivity contribution in [3.63, 3.8) is 0 Å². The Hall–Kier alpha value is -3.76. The number of fused-ring (bicyclic) bond motifs is 1. The van der Waals surface area contributed by atoms with Crippen LogP contribution in [0.1, 0.15) is 28.1 Å². The van der Waals surface area contributed by atoms with E-state index in [0.717, 1.165) is 28.8 Å². The molecule has 10 heteroatoms. The Bertz CT molecular complexity index is 1360. The van der Waals surface area contributed by atoms with Crippen LogP contribution in [0.3, 0.4) is 0 Å². The summed E-state index contributed by atoms with van der Waals surface area (Å²) in [5.74, 6) is 0.599. The molecule has 0 bridgehead atoms. The van der Waals surface area contributed by atoms with Crippen molar-refractivity contribution in [1.82, 2.24) is 19.4 Å². The zero-order valence-electron chi connectivity index (χ0n) is 18.3. The first-order chi connectivity index (χ1) is 16.6. The third-order valence-electron chi connectivity index (χ3n) is 5.95. The Kier molecular flexibility index (Phi) is 5.99. The van der Waals surface area contributed by atoms with Crippen molar-refractivity contribution in [2.45, 2.75) is 32.0 Å². The van der Waals surface area contributed by atoms with Gasteiger partial charge in [0.05, 0.1) is 39.6 Å². The van der Waals surface area contributed by atoms with Crippen molar-refractivity contribution >= 4 is 40.1 Å². The van der Waals surface area contributed by atoms with E-state index in [1.54, 1.807) is 18.3 Å². The van der Waals surface area contributed by atoms with Crippen LogP contribution in [-0.4, -0.2) is 48.9 Å². The number of oxazole rings is 1. The number of hydrogen-bond acceptors (Lipinski definition) is 7. The molecule has 1 atom stereocenters. The second-order valence-electron chi connectivity index (χ2n) is 8.04. The van der Waals surface area contributed by atoms with E-state index in [1.165, 1.54) is 23.8 Å². The molecule has 2 N–H and O–H groups in total. The van der Waals surface area contributed by atoms with Gasteiger partial charge in [0, 0.05) is 13.1 Å². The number of carbonyl (C=O) groups is 2. The van der Waals surface area contributed by atoms with Crippen LogP contribution in [-0.2, 0) is 17.9 Å². The summed E-state index contributed by atoms with van der Waals surface area (Å²) in [6, 6.07) is 9.03. The van der Waals surface area contributed by atoms with E-state index in [-0.39, 0.29) is 24.5 Å². The average molecular weight is 478 g/mol. The Balaban J connectivity index is 1.46. The van der Waals surface area contributed by atoms with E-state index in [4.69, 9.17) is 4.42 Å². The Labute approximate surface area is 199 Å². The second kappa shape index (κ2) is 9.24. The van der Waals surface area contributed by atoms with Crippen molar-refractivity contribution in [1.29, 1.82) is 0 Å². The molecular weight excluding hydrogens is 454 g/mol. The minimum Gasteiger partial charge on any atom is -0.443 e. The highest BCUT2D eigenvalue weighted by Crippen LogP contribution is 2.30. The minimum absolute atomic E-state index is 0.0316. The molecule has 1 fully saturated rings. The first-order valence-corrected chi connectivity index (χ1v) is 11.7. The number of aliphatic hydroxyl groups is 1. The molecule has 1 aromatic carbocycles. The highest BCUT2D eigenvalue weighted by molar-refractivity contribution is 7.17. The summed E-state index contributed by atoms with van der Waals surface area (Å²) in [4.78, 5) is 37.1. The normalized spacial score (nSPS) is 15.7. The van der Waals surface area contributed by atoms with Gasteiger partial charge in [-0.3, -0.25) is 14.9 Å². The average Bonchev–Trinajstić information content (AvgIpc) is 3.65. The van der Waals surface area contributed by atoms with Gasteiger partial charge in [0.15, 0.2) is 12.2 Å². The van der Waals surface area contributed by atoms with Crippen molar-refractivity contribution in [3.05, 3.63) is 66.0 Å². The molecule has 0 aliphatic carbocycles. The first kappa shape index (κ1) is 22.1. The number of aliphatic hydroxyl groups excluding tert-OH is 1. The largest absolute Gasteiger partial charge is 0.443 e. The lowest BCUT2D eigenvalue weighted by atomic mass is 10.2. The van der Waals surface area contributed by atoms with E-state index in [2.05, 4.69) is 21.9 Å². The lowest BCUT2D eigenvalue weighted by Gasteiger charge is -2.24. The highest BCUT2D eigenvalue weighted by atomic mass is 32.1. The number of nitrogens with zero attached hydrogens (tertiary/aromatic N) is 4. The monoisotopic (exact) mass is 477 g/mol. The van der Waals surface area contributed by atoms with E-state index in [9.17, 15) is 14.7 Å². The van der Waals surface area contributed by atoms with Crippen LogP contribution < -0.4 is 5.32 Å². The Morgan fingerprint density at radius 1 is 1.32 bits per heavy atom. The van der Waals surface area contributed by atoms with Gasteiger partial charge in [0.25, 0.3) is 5.91 Å². The lowest BCUT2D eigenvalue weighted by molar-refractivity contribution is -0.126. The van der Waals surface area contributed by atoms with Crippen LogP contribution in [0.4, 0.5) is 5.95 Å². The summed E-state index contributed by atoms with van der Waals surface area (Å²) in [7, 11) is 0. The lowest BCUT2D eigenvalue weighted by Crippen LogP contribution is -2.37. The molecular formula is C24H23N5O4S. The predicted molar refractivity (Wildman–Crippen MR) is 128 cm³/mol. The summed E-state index contributed by atoms with van der Waals surface area (Å²) in [5.41, 5.74) is 2.21. The van der Waals surface area contributed by atoms with E-state index in [0.29, 0.717) is 35.2 Å². The van der Waals surface area contributed by atoms with Crippen LogP contribution in [0.5, 0.6) is 0 Å². The van der Waals surface area contributed by atoms with Gasteiger partial charge in [-0.2, -0.15) is 0 Å². The zero-order chi connectivity index (χ0) is 23.7. The smallest absolute Gasteiger partial charge is 0.268 e. The van der Waals surface area contributed by atoms with Crippen LogP contribution in [0.2, 0.25) is 0 Å². The SMILES string of the molecule is C=CC(=O)N1CCCC1Cn1c(NC(=O)c2ccc(-c3cnco3)s2)nc2cc(CO)ccc21. The molecule has 0 radical (unpaired) electrons. The predicted octanol–water partition coefficient (Wildman–Crippen LogP) is 3.67. The molecule has 1 aliphatic rings. The van der Waals surface area contributed by atoms with Crippen LogP contribution >= 0.6 is 11.3 Å². The number of aromatic nitrogens is 3. The topological polar surface area (TPSA) is 113 Å². The van der Waals surface area contributed by atoms with Crippen LogP contribution in [0.25, 0.3) is 21.7 Å². The third-order valence-corrected chi connectivity index (χ3v) is 7.05. The van der Waals surface area contributed by atoms with Gasteiger partial charge < -0.3 is 19.0 Å². The Morgan fingerprint density at radius 3 is 2.97 bits per heavy atom. The highest BCUT2D eigenvalue weighted by Gasteiger charge is 2.29. The number of likely N-dealkylation sites (tertiary alicyclic amines) is 1. The number of hydrogen-bond donors (Lipinski definition) is 2. The van der Waals surface area contributed by atoms with Gasteiger partial charge in [-0.25, -0.2) is 9.97 Å². The van der Waals surface area contributed by atoms with Crippen molar-refractivity contribution in [2.75, 3.05) is 11.9 Å². The molecule has 0 spiro atoms. The molecule has 2 amide bonds. The molecule has 1 aliphatic heterocycles. The standard InChI is InChI=1S/C24H23N5O4S/c1-2-22(31)28-9-3-4-16(28)12-29-18-6-5-15(13-30)10-17(18)26-24(29)27-23(32)21-8-7-20(34-21)19-11-25-14-33-19/h2,5-8,10-11,14,16,30H,1,3-4,9,12-13H2,(H,26,27,32). The Morgan fingerprint density at radius 2 is 2.21 bits per heavy atom. The van der Waals surface area contributed by atoms with Crippen molar-refractivity contribution in [3.8, 4) is 10.6 Å². The summed E-state index contributed by atoms with van der Waals surface area (Å²) >= 11 is 1.30. The van der Waals surface area contributed by atoms with E-state index in [1.807, 2.05) is 27.7 Å². The van der Waals surface area contributed by atoms with E-state index < -0.39 is 0 Å². The number of rotatable bonds is 7. The summed E-state index contributed by atoms with van der Waals surface area (Å²) in [6.45, 7) is 4.68. The summed E-state index contributed by atoms with van der Waals surface area (Å²) in [5, 5.41) is 12.5. The van der Waals surface area contributed by atoms with Gasteiger partial charge >= 0.3 is 0 Å². The van der Waals surface area contributed by atoms with Crippen molar-refractivity contribution < 1.29 is 19.1 Å². The molecule has 9 nitrogen and oxygen atoms in total. The van der Waals surface area contributed by atoms with Gasteiger partial charge in [-0.1, -0.05) is 12.6 Å². The maximum Gasteiger partial charge on any atom is 0.268 e. The molecule has 1 saturated heterocycles. The van der Waals surface area contributed by atoms with Crippen molar-refractivity contribution in [2.24, 2.45) is 0 Å². The van der Waals surface area contributed by atoms with Gasteiger partial charge in [0.1, 0.15) is 0 Å². The maximum atomic E-state index is 13.1. The molecule has 0 saturated carbocycles. The zero-order valence-corrected chi connectivity index (χ0v) is 19.1. The summed E-state index contributed by atoms with van der Waals surface area (Å²) in [6.07, 6.45) is 6.05. The van der Waals surface area contributed by atoms with E-state index >= 15 is 0 Å². The van der Waals surface area contributed by atoms with Gasteiger partial charge in [-0.15, -0.1) is 11.3 Å². The fourth-order valence-electron chi connectivity index (χ4n) is 4.29. The second-order valence-corrected chi connectivity index (χ2v) is 9.13. The van der Waals surface area contributed by atoms with Crippen LogP contribution in [0.15, 0.2) is 60.0 Å². The molecule has 3 aromatic heterocycles. The number of anilines is 1. The molecule has 34 heavy (non-hydrogen) atoms. The number of amides is 2. The molecule has 5 rings (SSSR count). The molecule has 4 heterocycles. The first-order valence-electron chi connectivity index (χ1n) is 10.9. The van der Waals surface area contributed by atoms with Crippen LogP contribution in [0, 0.1) is 0 Å². The minimum atomic E-state index is -0.292. The summed E-state index contributed by atoms with van der Waals surface area (Å²) < 4.78 is 7.25. The van der Waals surface area contributed by atoms with Gasteiger partial charge in [0.2, 0.25) is 11.9 Å². The molecule has 4 aromatic rings. The number of nitrogens with one attached hydrogen (secondary N) is 1. The number of benzene rings is 1. The number of imidazole rings is 1. The third kappa shape index (κ3) is 4.13. The van der Waals surface area contributed by atoms with Gasteiger partial charge in [-0.05, 0) is 48.7 Å². The number of thiophene rings is 1. The fraction of sp³-hybridized carbons (Fsp3) is 0.250. The fourth-order valence-corrected chi connectivity index (χ4v) is 5.14. The molecule has 1 unspecified atom stereocenters. The molecule has 174 valence electrons. The number of carbonyl (C=O) groups excluding carboxylic acids is 2.